The third-order valence-electron chi connectivity index (χ3n) is 3.09. The lowest BCUT2D eigenvalue weighted by molar-refractivity contribution is 0.0955. The fourth-order valence-corrected chi connectivity index (χ4v) is 2.65. The minimum atomic E-state index is -0.538. The van der Waals surface area contributed by atoms with E-state index in [-0.39, 0.29) is 11.7 Å². The SMILES string of the molecule is COc1ccc(C(=O)NCCSc2ccc(C)cc2)cc1F. The standard InChI is InChI=1S/C17H18FNO2S/c1-12-3-6-14(7-4-12)22-10-9-19-17(20)13-5-8-16(21-2)15(18)11-13/h3-8,11H,9-10H2,1-2H3,(H,19,20). The van der Waals surface area contributed by atoms with Crippen LogP contribution in [0.5, 0.6) is 5.75 Å². The summed E-state index contributed by atoms with van der Waals surface area (Å²) in [5.41, 5.74) is 1.51. The van der Waals surface area contributed by atoms with Crippen molar-refractivity contribution in [1.82, 2.24) is 5.32 Å². The number of rotatable bonds is 6. The average molecular weight is 319 g/mol. The van der Waals surface area contributed by atoms with Crippen molar-refractivity contribution in [2.24, 2.45) is 0 Å². The molecule has 3 nitrogen and oxygen atoms in total. The number of halogens is 1. The number of nitrogens with one attached hydrogen (secondary N) is 1. The Labute approximate surface area is 133 Å². The van der Waals surface area contributed by atoms with E-state index in [9.17, 15) is 9.18 Å². The van der Waals surface area contributed by atoms with Gasteiger partial charge in [-0.15, -0.1) is 11.8 Å². The van der Waals surface area contributed by atoms with Crippen molar-refractivity contribution < 1.29 is 13.9 Å². The molecule has 0 saturated carbocycles. The summed E-state index contributed by atoms with van der Waals surface area (Å²) in [5.74, 6) is 0.0645. The minimum Gasteiger partial charge on any atom is -0.494 e. The third-order valence-corrected chi connectivity index (χ3v) is 4.11. The maximum atomic E-state index is 13.5. The zero-order valence-corrected chi connectivity index (χ0v) is 13.4. The second-order valence-corrected chi connectivity index (χ2v) is 5.94. The quantitative estimate of drug-likeness (QED) is 0.652. The molecule has 116 valence electrons. The summed E-state index contributed by atoms with van der Waals surface area (Å²) in [7, 11) is 1.39. The largest absolute Gasteiger partial charge is 0.494 e. The molecular weight excluding hydrogens is 301 g/mol. The molecule has 0 saturated heterocycles. The van der Waals surface area contributed by atoms with E-state index in [1.807, 2.05) is 6.92 Å². The maximum absolute atomic E-state index is 13.5. The highest BCUT2D eigenvalue weighted by molar-refractivity contribution is 7.99. The van der Waals surface area contributed by atoms with Gasteiger partial charge in [0.05, 0.1) is 7.11 Å². The molecule has 0 aliphatic heterocycles. The van der Waals surface area contributed by atoms with Crippen molar-refractivity contribution >= 4 is 17.7 Å². The van der Waals surface area contributed by atoms with E-state index >= 15 is 0 Å². The van der Waals surface area contributed by atoms with E-state index in [2.05, 4.69) is 29.6 Å². The lowest BCUT2D eigenvalue weighted by Gasteiger charge is -2.07. The lowest BCUT2D eigenvalue weighted by atomic mass is 10.2. The van der Waals surface area contributed by atoms with Gasteiger partial charge in [0.15, 0.2) is 11.6 Å². The number of hydrogen-bond acceptors (Lipinski definition) is 3. The molecule has 22 heavy (non-hydrogen) atoms. The number of thioether (sulfide) groups is 1. The van der Waals surface area contributed by atoms with Crippen LogP contribution in [0.3, 0.4) is 0 Å². The summed E-state index contributed by atoms with van der Waals surface area (Å²) in [4.78, 5) is 13.1. The second kappa shape index (κ2) is 7.84. The Morgan fingerprint density at radius 1 is 1.23 bits per heavy atom. The average Bonchev–Trinajstić information content (AvgIpc) is 2.53. The first-order chi connectivity index (χ1) is 10.6. The van der Waals surface area contributed by atoms with Gasteiger partial charge in [-0.1, -0.05) is 17.7 Å². The predicted octanol–water partition coefficient (Wildman–Crippen LogP) is 3.66. The van der Waals surface area contributed by atoms with Crippen molar-refractivity contribution in [3.05, 3.63) is 59.4 Å². The van der Waals surface area contributed by atoms with Gasteiger partial charge in [-0.25, -0.2) is 4.39 Å². The Hall–Kier alpha value is -2.01. The molecular formula is C17H18FNO2S. The van der Waals surface area contributed by atoms with Crippen molar-refractivity contribution in [2.75, 3.05) is 19.4 Å². The van der Waals surface area contributed by atoms with Crippen LogP contribution in [0.2, 0.25) is 0 Å². The van der Waals surface area contributed by atoms with E-state index in [1.165, 1.54) is 24.8 Å². The van der Waals surface area contributed by atoms with Crippen LogP contribution >= 0.6 is 11.8 Å². The van der Waals surface area contributed by atoms with E-state index in [1.54, 1.807) is 17.8 Å². The van der Waals surface area contributed by atoms with Gasteiger partial charge in [0, 0.05) is 22.8 Å². The summed E-state index contributed by atoms with van der Waals surface area (Å²) in [6, 6.07) is 12.4. The zero-order chi connectivity index (χ0) is 15.9. The summed E-state index contributed by atoms with van der Waals surface area (Å²) in [6.07, 6.45) is 0. The van der Waals surface area contributed by atoms with Crippen LogP contribution in [0.4, 0.5) is 4.39 Å². The second-order valence-electron chi connectivity index (χ2n) is 4.77. The number of ether oxygens (including phenoxy) is 1. The molecule has 0 unspecified atom stereocenters. The highest BCUT2D eigenvalue weighted by Crippen LogP contribution is 2.18. The highest BCUT2D eigenvalue weighted by atomic mass is 32.2. The van der Waals surface area contributed by atoms with Gasteiger partial charge in [-0.3, -0.25) is 4.79 Å². The van der Waals surface area contributed by atoms with Crippen molar-refractivity contribution in [1.29, 1.82) is 0 Å². The van der Waals surface area contributed by atoms with E-state index < -0.39 is 5.82 Å². The molecule has 0 atom stereocenters. The number of aryl methyl sites for hydroxylation is 1. The summed E-state index contributed by atoms with van der Waals surface area (Å²) in [5, 5.41) is 2.78. The number of amides is 1. The maximum Gasteiger partial charge on any atom is 0.251 e. The topological polar surface area (TPSA) is 38.3 Å². The molecule has 2 aromatic carbocycles. The first kappa shape index (κ1) is 16.4. The van der Waals surface area contributed by atoms with Crippen LogP contribution in [0, 0.1) is 12.7 Å². The Balaban J connectivity index is 1.80. The van der Waals surface area contributed by atoms with Gasteiger partial charge < -0.3 is 10.1 Å². The van der Waals surface area contributed by atoms with Gasteiger partial charge in [0.25, 0.3) is 5.91 Å². The molecule has 0 radical (unpaired) electrons. The smallest absolute Gasteiger partial charge is 0.251 e. The Morgan fingerprint density at radius 3 is 2.59 bits per heavy atom. The van der Waals surface area contributed by atoms with Gasteiger partial charge in [-0.2, -0.15) is 0 Å². The number of hydrogen-bond donors (Lipinski definition) is 1. The summed E-state index contributed by atoms with van der Waals surface area (Å²) >= 11 is 1.67. The van der Waals surface area contributed by atoms with Crippen molar-refractivity contribution in [3.63, 3.8) is 0 Å². The number of carbonyl (C=O) groups is 1. The summed E-state index contributed by atoms with van der Waals surface area (Å²) < 4.78 is 18.4. The Kier molecular flexibility index (Phi) is 5.83. The van der Waals surface area contributed by atoms with E-state index in [0.717, 1.165) is 10.6 Å². The van der Waals surface area contributed by atoms with Crippen LogP contribution in [0.15, 0.2) is 47.4 Å². The summed E-state index contributed by atoms with van der Waals surface area (Å²) in [6.45, 7) is 2.56. The molecule has 0 bridgehead atoms. The normalized spacial score (nSPS) is 10.3. The zero-order valence-electron chi connectivity index (χ0n) is 12.6. The van der Waals surface area contributed by atoms with Gasteiger partial charge in [0.1, 0.15) is 0 Å². The van der Waals surface area contributed by atoms with Crippen LogP contribution in [-0.2, 0) is 0 Å². The first-order valence-corrected chi connectivity index (χ1v) is 7.90. The molecule has 0 heterocycles. The molecule has 0 aromatic heterocycles. The molecule has 1 N–H and O–H groups in total. The van der Waals surface area contributed by atoms with Crippen LogP contribution in [0.1, 0.15) is 15.9 Å². The van der Waals surface area contributed by atoms with Crippen LogP contribution < -0.4 is 10.1 Å². The first-order valence-electron chi connectivity index (χ1n) is 6.91. The van der Waals surface area contributed by atoms with Gasteiger partial charge >= 0.3 is 0 Å². The third kappa shape index (κ3) is 4.49. The fourth-order valence-electron chi connectivity index (χ4n) is 1.88. The Bertz CT molecular complexity index is 644. The molecule has 5 heteroatoms. The Morgan fingerprint density at radius 2 is 1.95 bits per heavy atom. The minimum absolute atomic E-state index is 0.131. The molecule has 2 rings (SSSR count). The lowest BCUT2D eigenvalue weighted by Crippen LogP contribution is -2.25. The monoisotopic (exact) mass is 319 g/mol. The molecule has 1 amide bonds. The molecule has 0 fully saturated rings. The molecule has 0 spiro atoms. The van der Waals surface area contributed by atoms with Crippen LogP contribution in [0.25, 0.3) is 0 Å². The predicted molar refractivity (Wildman–Crippen MR) is 87.2 cm³/mol. The number of benzene rings is 2. The molecule has 2 aromatic rings. The van der Waals surface area contributed by atoms with Crippen molar-refractivity contribution in [3.8, 4) is 5.75 Å². The molecule has 0 aliphatic carbocycles. The number of carbonyl (C=O) groups excluding carboxylic acids is 1. The molecule has 0 aliphatic rings. The van der Waals surface area contributed by atoms with Gasteiger partial charge in [-0.05, 0) is 37.3 Å². The van der Waals surface area contributed by atoms with E-state index in [0.29, 0.717) is 12.1 Å². The van der Waals surface area contributed by atoms with Crippen LogP contribution in [-0.4, -0.2) is 25.3 Å². The van der Waals surface area contributed by atoms with Gasteiger partial charge in [0.2, 0.25) is 0 Å². The van der Waals surface area contributed by atoms with Crippen molar-refractivity contribution in [2.45, 2.75) is 11.8 Å². The number of methoxy groups -OCH3 is 1. The highest BCUT2D eigenvalue weighted by Gasteiger charge is 2.09. The fraction of sp³-hybridized carbons (Fsp3) is 0.235. The van der Waals surface area contributed by atoms with E-state index in [4.69, 9.17) is 4.74 Å².